The summed E-state index contributed by atoms with van der Waals surface area (Å²) >= 11 is 0. The van der Waals surface area contributed by atoms with Crippen molar-refractivity contribution < 1.29 is 37.5 Å². The van der Waals surface area contributed by atoms with Gasteiger partial charge in [0, 0.05) is 12.1 Å². The molecule has 3 heterocycles. The SMILES string of the molecule is O=C(NS(=O)(=O)OC[C@H]1O[C@@H](n2cnc3c(NCc4ccccc4)ncnc32)[C@H](O)[C@@H]1O)c1ccccc1[O-]. The Balaban J connectivity index is 1.26. The minimum absolute atomic E-state index is 0.301. The molecule has 0 spiro atoms. The van der Waals surface area contributed by atoms with E-state index in [9.17, 15) is 28.5 Å². The van der Waals surface area contributed by atoms with Gasteiger partial charge < -0.3 is 25.4 Å². The lowest BCUT2D eigenvalue weighted by atomic mass is 10.1. The molecule has 2 aromatic carbocycles. The summed E-state index contributed by atoms with van der Waals surface area (Å²) in [5.74, 6) is -1.40. The largest absolute Gasteiger partial charge is 0.872 e. The van der Waals surface area contributed by atoms with Crippen LogP contribution in [0.25, 0.3) is 11.2 Å². The summed E-state index contributed by atoms with van der Waals surface area (Å²) in [6, 6.07) is 14.7. The van der Waals surface area contributed by atoms with Crippen LogP contribution in [0.15, 0.2) is 67.3 Å². The van der Waals surface area contributed by atoms with E-state index < -0.39 is 53.1 Å². The van der Waals surface area contributed by atoms with Crippen molar-refractivity contribution in [1.82, 2.24) is 24.2 Å². The zero-order valence-corrected chi connectivity index (χ0v) is 20.9. The number of hydrogen-bond donors (Lipinski definition) is 4. The lowest BCUT2D eigenvalue weighted by molar-refractivity contribution is -0.268. The molecular formula is C24H23N6O8S-. The second kappa shape index (κ2) is 10.9. The molecule has 4 atom stereocenters. The number of rotatable bonds is 9. The average Bonchev–Trinajstić information content (AvgIpc) is 3.48. The first-order chi connectivity index (χ1) is 18.7. The molecule has 1 aliphatic rings. The Bertz CT molecular complexity index is 1580. The van der Waals surface area contributed by atoms with Crippen molar-refractivity contribution in [3.8, 4) is 5.75 Å². The first-order valence-electron chi connectivity index (χ1n) is 11.7. The average molecular weight is 556 g/mol. The standard InChI is InChI=1S/C24H24N6O8S/c31-16-9-5-4-8-15(16)23(34)29-39(35,36)37-11-17-19(32)20(33)24(38-17)30-13-28-18-21(26-12-27-22(18)30)25-10-14-6-2-1-3-7-14/h1-9,12-13,17,19-20,24,31-33H,10-11H2,(H,29,34)(H,25,26,27)/p-1/t17-,19-,20-,24-/m1/s1. The number of nitrogens with zero attached hydrogens (tertiary/aromatic N) is 4. The third-order valence-electron chi connectivity index (χ3n) is 6.01. The van der Waals surface area contributed by atoms with Crippen LogP contribution in [0, 0.1) is 0 Å². The van der Waals surface area contributed by atoms with Crippen molar-refractivity contribution in [1.29, 1.82) is 0 Å². The number of aliphatic hydroxyl groups is 2. The van der Waals surface area contributed by atoms with Gasteiger partial charge in [0.25, 0.3) is 5.91 Å². The van der Waals surface area contributed by atoms with Crippen LogP contribution in [-0.4, -0.2) is 69.0 Å². The molecule has 14 nitrogen and oxygen atoms in total. The molecule has 4 aromatic rings. The third kappa shape index (κ3) is 5.67. The van der Waals surface area contributed by atoms with Crippen molar-refractivity contribution >= 4 is 33.2 Å². The molecule has 0 radical (unpaired) electrons. The summed E-state index contributed by atoms with van der Waals surface area (Å²) in [5.41, 5.74) is 1.33. The number of nitrogens with one attached hydrogen (secondary N) is 2. The number of imidazole rings is 1. The van der Waals surface area contributed by atoms with E-state index >= 15 is 0 Å². The maximum Gasteiger partial charge on any atom is 0.362 e. The van der Waals surface area contributed by atoms with Crippen LogP contribution in [0.4, 0.5) is 5.82 Å². The molecule has 2 aromatic heterocycles. The van der Waals surface area contributed by atoms with E-state index in [1.165, 1.54) is 35.4 Å². The predicted molar refractivity (Wildman–Crippen MR) is 133 cm³/mol. The molecule has 4 N–H and O–H groups in total. The molecular weight excluding hydrogens is 532 g/mol. The van der Waals surface area contributed by atoms with Gasteiger partial charge in [-0.25, -0.2) is 19.7 Å². The van der Waals surface area contributed by atoms with Gasteiger partial charge in [-0.2, -0.15) is 8.42 Å². The number of anilines is 1. The van der Waals surface area contributed by atoms with Gasteiger partial charge in [-0.3, -0.25) is 13.5 Å². The summed E-state index contributed by atoms with van der Waals surface area (Å²) < 4.78 is 38.0. The molecule has 0 bridgehead atoms. The molecule has 1 saturated heterocycles. The van der Waals surface area contributed by atoms with E-state index in [4.69, 9.17) is 8.92 Å². The van der Waals surface area contributed by atoms with Crippen molar-refractivity contribution in [2.75, 3.05) is 11.9 Å². The monoisotopic (exact) mass is 555 g/mol. The minimum atomic E-state index is -4.67. The molecule has 0 unspecified atom stereocenters. The highest BCUT2D eigenvalue weighted by atomic mass is 32.2. The highest BCUT2D eigenvalue weighted by Crippen LogP contribution is 2.32. The van der Waals surface area contributed by atoms with Gasteiger partial charge in [0.05, 0.1) is 12.9 Å². The van der Waals surface area contributed by atoms with E-state index in [1.807, 2.05) is 30.3 Å². The van der Waals surface area contributed by atoms with Crippen LogP contribution < -0.4 is 15.1 Å². The maximum absolute atomic E-state index is 12.3. The molecule has 1 fully saturated rings. The zero-order chi connectivity index (χ0) is 27.6. The number of amides is 1. The summed E-state index contributed by atoms with van der Waals surface area (Å²) in [5, 5.41) is 36.1. The smallest absolute Gasteiger partial charge is 0.362 e. The van der Waals surface area contributed by atoms with Gasteiger partial charge in [-0.1, -0.05) is 60.3 Å². The van der Waals surface area contributed by atoms with Crippen LogP contribution in [0.1, 0.15) is 22.1 Å². The fourth-order valence-electron chi connectivity index (χ4n) is 4.05. The lowest BCUT2D eigenvalue weighted by Gasteiger charge is -2.17. The number of hydrogen-bond acceptors (Lipinski definition) is 12. The highest BCUT2D eigenvalue weighted by molar-refractivity contribution is 7.85. The molecule has 39 heavy (non-hydrogen) atoms. The van der Waals surface area contributed by atoms with Crippen LogP contribution in [0.5, 0.6) is 5.75 Å². The molecule has 15 heteroatoms. The van der Waals surface area contributed by atoms with Crippen LogP contribution in [-0.2, 0) is 25.8 Å². The lowest BCUT2D eigenvalue weighted by Crippen LogP contribution is -2.38. The van der Waals surface area contributed by atoms with E-state index in [1.54, 1.807) is 4.72 Å². The summed E-state index contributed by atoms with van der Waals surface area (Å²) in [6.07, 6.45) is -2.84. The van der Waals surface area contributed by atoms with Crippen molar-refractivity contribution in [2.24, 2.45) is 0 Å². The Morgan fingerprint density at radius 3 is 2.56 bits per heavy atom. The number of carbonyl (C=O) groups excluding carboxylic acids is 1. The van der Waals surface area contributed by atoms with Crippen molar-refractivity contribution in [3.05, 3.63) is 78.4 Å². The molecule has 5 rings (SSSR count). The number of para-hydroxylation sites is 1. The Morgan fingerprint density at radius 1 is 1.05 bits per heavy atom. The minimum Gasteiger partial charge on any atom is -0.872 e. The second-order valence-electron chi connectivity index (χ2n) is 8.60. The number of aliphatic hydroxyl groups excluding tert-OH is 2. The van der Waals surface area contributed by atoms with Gasteiger partial charge in [0.1, 0.15) is 24.6 Å². The molecule has 1 aliphatic heterocycles. The van der Waals surface area contributed by atoms with Crippen molar-refractivity contribution in [2.45, 2.75) is 31.1 Å². The first kappa shape index (κ1) is 26.5. The number of benzene rings is 2. The van der Waals surface area contributed by atoms with E-state index in [2.05, 4.69) is 20.3 Å². The zero-order valence-electron chi connectivity index (χ0n) is 20.1. The Hall–Kier alpha value is -4.15. The molecule has 0 saturated carbocycles. The predicted octanol–water partition coefficient (Wildman–Crippen LogP) is -0.177. The van der Waals surface area contributed by atoms with Crippen molar-refractivity contribution in [3.63, 3.8) is 0 Å². The molecule has 204 valence electrons. The third-order valence-corrected chi connectivity index (χ3v) is 6.89. The topological polar surface area (TPSA) is 201 Å². The number of aromatic nitrogens is 4. The summed E-state index contributed by atoms with van der Waals surface area (Å²) in [7, 11) is -4.67. The highest BCUT2D eigenvalue weighted by Gasteiger charge is 2.45. The fourth-order valence-corrected chi connectivity index (χ4v) is 4.76. The van der Waals surface area contributed by atoms with E-state index in [0.29, 0.717) is 23.5 Å². The Kier molecular flexibility index (Phi) is 7.40. The van der Waals surface area contributed by atoms with E-state index in [-0.39, 0.29) is 5.56 Å². The summed E-state index contributed by atoms with van der Waals surface area (Å²) in [4.78, 5) is 24.9. The van der Waals surface area contributed by atoms with E-state index in [0.717, 1.165) is 11.6 Å². The van der Waals surface area contributed by atoms with Crippen LogP contribution >= 0.6 is 0 Å². The Morgan fingerprint density at radius 2 is 1.79 bits per heavy atom. The van der Waals surface area contributed by atoms with Gasteiger partial charge in [0.15, 0.2) is 23.2 Å². The van der Waals surface area contributed by atoms with Gasteiger partial charge in [0.2, 0.25) is 0 Å². The Labute approximate surface area is 222 Å². The molecule has 1 amide bonds. The normalized spacial score (nSPS) is 21.2. The summed E-state index contributed by atoms with van der Waals surface area (Å²) in [6.45, 7) is -0.256. The second-order valence-corrected chi connectivity index (χ2v) is 9.95. The molecule has 0 aliphatic carbocycles. The van der Waals surface area contributed by atoms with Gasteiger partial charge >= 0.3 is 10.3 Å². The number of fused-ring (bicyclic) bond motifs is 1. The number of ether oxygens (including phenoxy) is 1. The van der Waals surface area contributed by atoms with Crippen LogP contribution in [0.3, 0.4) is 0 Å². The van der Waals surface area contributed by atoms with Crippen LogP contribution in [0.2, 0.25) is 0 Å². The fraction of sp³-hybridized carbons (Fsp3) is 0.250. The number of carbonyl (C=O) groups is 1. The maximum atomic E-state index is 12.3. The van der Waals surface area contributed by atoms with Gasteiger partial charge in [-0.05, 0) is 5.56 Å². The van der Waals surface area contributed by atoms with Gasteiger partial charge in [-0.15, -0.1) is 0 Å². The first-order valence-corrected chi connectivity index (χ1v) is 13.1. The quantitative estimate of drug-likeness (QED) is 0.213.